The van der Waals surface area contributed by atoms with Gasteiger partial charge in [0.05, 0.1) is 11.1 Å². The van der Waals surface area contributed by atoms with E-state index >= 15 is 0 Å². The first-order valence-electron chi connectivity index (χ1n) is 7.45. The van der Waals surface area contributed by atoms with Gasteiger partial charge in [0, 0.05) is 6.54 Å². The fourth-order valence-corrected chi connectivity index (χ4v) is 2.06. The number of hydrogen-bond acceptors (Lipinski definition) is 4. The Labute approximate surface area is 139 Å². The number of carboxylic acids is 1. The first-order chi connectivity index (χ1) is 11.5. The number of aromatic carboxylic acids is 1. The van der Waals surface area contributed by atoms with Gasteiger partial charge >= 0.3 is 5.97 Å². The molecule has 24 heavy (non-hydrogen) atoms. The average Bonchev–Trinajstić information content (AvgIpc) is 2.59. The summed E-state index contributed by atoms with van der Waals surface area (Å²) in [6, 6.07) is 13.3. The van der Waals surface area contributed by atoms with Crippen LogP contribution in [-0.2, 0) is 0 Å². The highest BCUT2D eigenvalue weighted by Crippen LogP contribution is 2.12. The van der Waals surface area contributed by atoms with Gasteiger partial charge in [0.25, 0.3) is 5.91 Å². The summed E-state index contributed by atoms with van der Waals surface area (Å²) in [4.78, 5) is 23.2. The molecule has 2 aromatic rings. The number of carbonyl (C=O) groups is 2. The minimum Gasteiger partial charge on any atom is -0.491 e. The summed E-state index contributed by atoms with van der Waals surface area (Å²) in [6.07, 6.45) is -0.910. The molecule has 0 saturated carbocycles. The molecule has 0 radical (unpaired) electrons. The van der Waals surface area contributed by atoms with Gasteiger partial charge in [0.1, 0.15) is 18.5 Å². The number of rotatable bonds is 7. The molecule has 0 saturated heterocycles. The fraction of sp³-hybridized carbons (Fsp3) is 0.222. The molecule has 0 aromatic heterocycles. The number of carbonyl (C=O) groups excluding carboxylic acids is 1. The van der Waals surface area contributed by atoms with Gasteiger partial charge in [-0.25, -0.2) is 4.79 Å². The first-order valence-corrected chi connectivity index (χ1v) is 7.45. The second kappa shape index (κ2) is 8.12. The Morgan fingerprint density at radius 2 is 1.71 bits per heavy atom. The van der Waals surface area contributed by atoms with E-state index in [4.69, 9.17) is 9.84 Å². The maximum absolute atomic E-state index is 12.1. The lowest BCUT2D eigenvalue weighted by molar-refractivity contribution is 0.0689. The molecule has 0 unspecified atom stereocenters. The Kier molecular flexibility index (Phi) is 5.92. The van der Waals surface area contributed by atoms with Gasteiger partial charge in [-0.3, -0.25) is 4.79 Å². The van der Waals surface area contributed by atoms with E-state index in [0.717, 1.165) is 5.56 Å². The number of ether oxygens (including phenoxy) is 1. The Balaban J connectivity index is 1.85. The third-order valence-corrected chi connectivity index (χ3v) is 3.36. The smallest absolute Gasteiger partial charge is 0.336 e. The molecule has 3 N–H and O–H groups in total. The minimum absolute atomic E-state index is 0.0178. The first kappa shape index (κ1) is 17.5. The Morgan fingerprint density at radius 3 is 2.33 bits per heavy atom. The lowest BCUT2D eigenvalue weighted by Gasteiger charge is -2.14. The zero-order valence-electron chi connectivity index (χ0n) is 13.2. The predicted octanol–water partition coefficient (Wildman–Crippen LogP) is 1.86. The molecule has 0 fully saturated rings. The highest BCUT2D eigenvalue weighted by Gasteiger charge is 2.16. The monoisotopic (exact) mass is 329 g/mol. The number of carboxylic acid groups (broad SMARTS) is 1. The molecular weight excluding hydrogens is 310 g/mol. The van der Waals surface area contributed by atoms with E-state index in [9.17, 15) is 14.7 Å². The molecule has 6 heteroatoms. The molecule has 0 spiro atoms. The van der Waals surface area contributed by atoms with Crippen LogP contribution in [0.25, 0.3) is 0 Å². The van der Waals surface area contributed by atoms with Crippen LogP contribution in [0.5, 0.6) is 5.75 Å². The molecule has 1 amide bonds. The van der Waals surface area contributed by atoms with Gasteiger partial charge in [-0.15, -0.1) is 0 Å². The minimum atomic E-state index is -1.18. The van der Waals surface area contributed by atoms with Crippen LogP contribution in [0.1, 0.15) is 26.3 Å². The SMILES string of the molecule is Cc1ccc(OC[C@@H](O)CNC(=O)c2ccccc2C(=O)O)cc1. The number of aliphatic hydroxyl groups excluding tert-OH is 1. The van der Waals surface area contributed by atoms with Crippen LogP contribution in [-0.4, -0.2) is 41.3 Å². The number of amides is 1. The highest BCUT2D eigenvalue weighted by atomic mass is 16.5. The van der Waals surface area contributed by atoms with E-state index in [-0.39, 0.29) is 24.3 Å². The van der Waals surface area contributed by atoms with Gasteiger partial charge in [0.2, 0.25) is 0 Å². The summed E-state index contributed by atoms with van der Waals surface area (Å²) in [5.41, 5.74) is 1.07. The number of aryl methyl sites for hydroxylation is 1. The zero-order chi connectivity index (χ0) is 17.5. The molecular formula is C18H19NO5. The van der Waals surface area contributed by atoms with Crippen LogP contribution in [0.3, 0.4) is 0 Å². The number of aliphatic hydroxyl groups is 1. The standard InChI is InChI=1S/C18H19NO5/c1-12-6-8-14(9-7-12)24-11-13(20)10-19-17(21)15-4-2-3-5-16(15)18(22)23/h2-9,13,20H,10-11H2,1H3,(H,19,21)(H,22,23)/t13-/m0/s1. The van der Waals surface area contributed by atoms with Crippen LogP contribution in [0, 0.1) is 6.92 Å². The highest BCUT2D eigenvalue weighted by molar-refractivity contribution is 6.04. The van der Waals surface area contributed by atoms with Crippen LogP contribution < -0.4 is 10.1 Å². The summed E-state index contributed by atoms with van der Waals surface area (Å²) in [6.45, 7) is 1.94. The molecule has 0 aliphatic rings. The van der Waals surface area contributed by atoms with Crippen molar-refractivity contribution < 1.29 is 24.5 Å². The normalized spacial score (nSPS) is 11.6. The Morgan fingerprint density at radius 1 is 1.08 bits per heavy atom. The molecule has 6 nitrogen and oxygen atoms in total. The molecule has 2 aromatic carbocycles. The summed E-state index contributed by atoms with van der Waals surface area (Å²) in [7, 11) is 0. The summed E-state index contributed by atoms with van der Waals surface area (Å²) in [5.74, 6) is -1.10. The summed E-state index contributed by atoms with van der Waals surface area (Å²) < 4.78 is 5.43. The maximum Gasteiger partial charge on any atom is 0.336 e. The van der Waals surface area contributed by atoms with Crippen molar-refractivity contribution in [1.29, 1.82) is 0 Å². The number of nitrogens with one attached hydrogen (secondary N) is 1. The molecule has 2 rings (SSSR count). The van der Waals surface area contributed by atoms with E-state index < -0.39 is 18.0 Å². The quantitative estimate of drug-likeness (QED) is 0.720. The maximum atomic E-state index is 12.1. The van der Waals surface area contributed by atoms with Crippen LogP contribution >= 0.6 is 0 Å². The van der Waals surface area contributed by atoms with Gasteiger partial charge in [-0.1, -0.05) is 29.8 Å². The van der Waals surface area contributed by atoms with Crippen molar-refractivity contribution in [3.8, 4) is 5.75 Å². The topological polar surface area (TPSA) is 95.9 Å². The van der Waals surface area contributed by atoms with E-state index in [2.05, 4.69) is 5.32 Å². The van der Waals surface area contributed by atoms with Crippen molar-refractivity contribution in [2.75, 3.05) is 13.2 Å². The Bertz CT molecular complexity index is 712. The average molecular weight is 329 g/mol. The predicted molar refractivity (Wildman–Crippen MR) is 88.4 cm³/mol. The second-order valence-corrected chi connectivity index (χ2v) is 5.34. The molecule has 126 valence electrons. The van der Waals surface area contributed by atoms with Crippen LogP contribution in [0.15, 0.2) is 48.5 Å². The van der Waals surface area contributed by atoms with E-state index in [1.165, 1.54) is 12.1 Å². The number of benzene rings is 2. The van der Waals surface area contributed by atoms with Crippen molar-refractivity contribution in [3.05, 3.63) is 65.2 Å². The van der Waals surface area contributed by atoms with Crippen molar-refractivity contribution in [3.63, 3.8) is 0 Å². The zero-order valence-corrected chi connectivity index (χ0v) is 13.2. The van der Waals surface area contributed by atoms with Crippen molar-refractivity contribution >= 4 is 11.9 Å². The largest absolute Gasteiger partial charge is 0.491 e. The summed E-state index contributed by atoms with van der Waals surface area (Å²) in [5, 5.41) is 21.5. The molecule has 0 aliphatic heterocycles. The lowest BCUT2D eigenvalue weighted by atomic mass is 10.1. The van der Waals surface area contributed by atoms with Crippen molar-refractivity contribution in [2.45, 2.75) is 13.0 Å². The van der Waals surface area contributed by atoms with Gasteiger partial charge in [-0.2, -0.15) is 0 Å². The van der Waals surface area contributed by atoms with E-state index in [0.29, 0.717) is 5.75 Å². The molecule has 0 aliphatic carbocycles. The number of hydrogen-bond donors (Lipinski definition) is 3. The Hall–Kier alpha value is -2.86. The van der Waals surface area contributed by atoms with E-state index in [1.807, 2.05) is 19.1 Å². The molecule has 1 atom stereocenters. The summed E-state index contributed by atoms with van der Waals surface area (Å²) >= 11 is 0. The van der Waals surface area contributed by atoms with Gasteiger partial charge < -0.3 is 20.3 Å². The molecule has 0 heterocycles. The second-order valence-electron chi connectivity index (χ2n) is 5.34. The third-order valence-electron chi connectivity index (χ3n) is 3.36. The third kappa shape index (κ3) is 4.82. The van der Waals surface area contributed by atoms with E-state index in [1.54, 1.807) is 24.3 Å². The van der Waals surface area contributed by atoms with Gasteiger partial charge in [-0.05, 0) is 31.2 Å². The van der Waals surface area contributed by atoms with Gasteiger partial charge in [0.15, 0.2) is 0 Å². The lowest BCUT2D eigenvalue weighted by Crippen LogP contribution is -2.35. The van der Waals surface area contributed by atoms with Crippen molar-refractivity contribution in [2.24, 2.45) is 0 Å². The van der Waals surface area contributed by atoms with Crippen LogP contribution in [0.2, 0.25) is 0 Å². The fourth-order valence-electron chi connectivity index (χ4n) is 2.06. The van der Waals surface area contributed by atoms with Crippen LogP contribution in [0.4, 0.5) is 0 Å². The van der Waals surface area contributed by atoms with Crippen molar-refractivity contribution in [1.82, 2.24) is 5.32 Å². The molecule has 0 bridgehead atoms.